The van der Waals surface area contributed by atoms with Gasteiger partial charge in [0.1, 0.15) is 17.9 Å². The van der Waals surface area contributed by atoms with E-state index in [4.69, 9.17) is 9.84 Å². The van der Waals surface area contributed by atoms with Gasteiger partial charge in [-0.1, -0.05) is 20.8 Å². The van der Waals surface area contributed by atoms with Crippen LogP contribution in [0.5, 0.6) is 5.88 Å². The summed E-state index contributed by atoms with van der Waals surface area (Å²) in [5.74, 6) is -0.862. The van der Waals surface area contributed by atoms with E-state index in [2.05, 4.69) is 39.1 Å². The average Bonchev–Trinajstić information content (AvgIpc) is 3.53. The molecule has 4 saturated carbocycles. The van der Waals surface area contributed by atoms with Crippen LogP contribution in [0.15, 0.2) is 41.5 Å². The first kappa shape index (κ1) is 32.8. The van der Waals surface area contributed by atoms with Crippen LogP contribution in [0.2, 0.25) is 0 Å². The molecule has 4 aliphatic carbocycles. The fourth-order valence-electron chi connectivity index (χ4n) is 8.95. The summed E-state index contributed by atoms with van der Waals surface area (Å²) >= 11 is 0. The smallest absolute Gasteiger partial charge is 0.338 e. The maximum atomic E-state index is 14.6. The molecule has 4 aromatic heterocycles. The summed E-state index contributed by atoms with van der Waals surface area (Å²) < 4.78 is 7.13. The van der Waals surface area contributed by atoms with Crippen molar-refractivity contribution in [1.29, 1.82) is 0 Å². The third-order valence-corrected chi connectivity index (χ3v) is 11.8. The molecule has 4 aromatic rings. The third kappa shape index (κ3) is 5.07. The molecule has 2 bridgehead atoms. The number of nitrogens with zero attached hydrogens (tertiary/aromatic N) is 8. The number of pyridine rings is 3. The van der Waals surface area contributed by atoms with E-state index in [1.807, 2.05) is 11.5 Å². The number of carbonyl (C=O) groups is 3. The second kappa shape index (κ2) is 11.9. The molecular formula is C36H41N9O6. The predicted molar refractivity (Wildman–Crippen MR) is 185 cm³/mol. The summed E-state index contributed by atoms with van der Waals surface area (Å²) in [7, 11) is 1.51. The van der Waals surface area contributed by atoms with Gasteiger partial charge in [-0.3, -0.25) is 19.4 Å². The van der Waals surface area contributed by atoms with Crippen LogP contribution in [0.25, 0.3) is 16.9 Å². The number of anilines is 1. The molecule has 266 valence electrons. The predicted octanol–water partition coefficient (Wildman–Crippen LogP) is 2.83. The Balaban J connectivity index is 1.17. The van der Waals surface area contributed by atoms with Crippen LogP contribution in [0.1, 0.15) is 79.4 Å². The van der Waals surface area contributed by atoms with Gasteiger partial charge < -0.3 is 29.5 Å². The Labute approximate surface area is 293 Å². The van der Waals surface area contributed by atoms with E-state index in [9.17, 15) is 24.3 Å². The van der Waals surface area contributed by atoms with Gasteiger partial charge in [-0.25, -0.2) is 9.78 Å². The Hall–Kier alpha value is -5.34. The van der Waals surface area contributed by atoms with Gasteiger partial charge in [-0.15, -0.1) is 15.0 Å². The number of carboxylic acids is 1. The minimum atomic E-state index is -1.22. The molecule has 1 saturated heterocycles. The molecule has 2 N–H and O–H groups in total. The van der Waals surface area contributed by atoms with Crippen molar-refractivity contribution in [1.82, 2.24) is 39.7 Å². The Kier molecular flexibility index (Phi) is 7.65. The molecule has 5 heterocycles. The van der Waals surface area contributed by atoms with Crippen molar-refractivity contribution in [2.24, 2.45) is 11.3 Å². The van der Waals surface area contributed by atoms with E-state index >= 15 is 0 Å². The fourth-order valence-corrected chi connectivity index (χ4v) is 8.95. The van der Waals surface area contributed by atoms with Crippen LogP contribution < -0.4 is 20.4 Å². The van der Waals surface area contributed by atoms with Gasteiger partial charge in [0.05, 0.1) is 24.4 Å². The number of ether oxygens (including phenoxy) is 1. The number of carboxylic acid groups (broad SMARTS) is 1. The number of hydrogen-bond acceptors (Lipinski definition) is 10. The van der Waals surface area contributed by atoms with Crippen molar-refractivity contribution in [3.63, 3.8) is 0 Å². The van der Waals surface area contributed by atoms with Gasteiger partial charge in [0.25, 0.3) is 5.91 Å². The minimum Gasteiger partial charge on any atom is -0.481 e. The molecule has 15 heteroatoms. The number of fused-ring (bicyclic) bond motifs is 2. The summed E-state index contributed by atoms with van der Waals surface area (Å²) in [6.45, 7) is 7.00. The fraction of sp³-hybridized carbons (Fsp3) is 0.500. The summed E-state index contributed by atoms with van der Waals surface area (Å²) in [5, 5.41) is 22.5. The number of amides is 2. The maximum Gasteiger partial charge on any atom is 0.338 e. The van der Waals surface area contributed by atoms with E-state index in [1.165, 1.54) is 30.2 Å². The number of nitrogens with one attached hydrogen (secondary N) is 1. The highest BCUT2D eigenvalue weighted by Crippen LogP contribution is 2.70. The van der Waals surface area contributed by atoms with E-state index in [0.29, 0.717) is 59.3 Å². The Morgan fingerprint density at radius 3 is 2.49 bits per heavy atom. The van der Waals surface area contributed by atoms with Crippen LogP contribution in [-0.4, -0.2) is 95.1 Å². The first-order valence-electron chi connectivity index (χ1n) is 17.6. The molecule has 0 aromatic carbocycles. The second-order valence-corrected chi connectivity index (χ2v) is 14.8. The van der Waals surface area contributed by atoms with E-state index in [1.54, 1.807) is 23.2 Å². The van der Waals surface area contributed by atoms with Crippen molar-refractivity contribution >= 4 is 34.6 Å². The van der Waals surface area contributed by atoms with E-state index in [0.717, 1.165) is 25.7 Å². The maximum absolute atomic E-state index is 14.6. The number of aromatic nitrogens is 6. The normalized spacial score (nSPS) is 24.7. The molecule has 0 radical (unpaired) electrons. The lowest BCUT2D eigenvalue weighted by atomic mass is 9.36. The highest BCUT2D eigenvalue weighted by Gasteiger charge is 2.69. The van der Waals surface area contributed by atoms with Gasteiger partial charge in [0.2, 0.25) is 17.2 Å². The Morgan fingerprint density at radius 1 is 1.06 bits per heavy atom. The Bertz CT molecular complexity index is 2140. The highest BCUT2D eigenvalue weighted by molar-refractivity contribution is 6.03. The van der Waals surface area contributed by atoms with Gasteiger partial charge in [0.15, 0.2) is 11.2 Å². The molecular weight excluding hydrogens is 654 g/mol. The number of aromatic carboxylic acids is 1. The van der Waals surface area contributed by atoms with Gasteiger partial charge in [-0.05, 0) is 68.1 Å². The largest absolute Gasteiger partial charge is 0.481 e. The van der Waals surface area contributed by atoms with E-state index in [-0.39, 0.29) is 58.8 Å². The summed E-state index contributed by atoms with van der Waals surface area (Å²) in [5.41, 5.74) is 1.71. The highest BCUT2D eigenvalue weighted by atomic mass is 16.5. The zero-order valence-electron chi connectivity index (χ0n) is 29.1. The minimum absolute atomic E-state index is 0.0358. The summed E-state index contributed by atoms with van der Waals surface area (Å²) in [6.07, 6.45) is 7.79. The SMILES string of the molecule is CCc1c(N2CCN(C(=O)c3ncccc3C(=O)O)[C@H]3CC[C@@H]32)c(=O)c2nn(-c3ccnc(OC)c3)nc2n1CC(=O)NC12CC(C(C)C)(C1)C2. The topological polar surface area (TPSA) is 178 Å². The lowest BCUT2D eigenvalue weighted by molar-refractivity contribution is -0.187. The zero-order chi connectivity index (χ0) is 35.8. The molecule has 5 aliphatic rings. The van der Waals surface area contributed by atoms with Crippen molar-refractivity contribution in [3.05, 3.63) is 63.8 Å². The van der Waals surface area contributed by atoms with Crippen LogP contribution in [0, 0.1) is 11.3 Å². The first-order valence-corrected chi connectivity index (χ1v) is 17.6. The standard InChI is InChI=1S/C36H41N9O6/c1-5-23-30(42-13-14-43(25-9-8-24(25)42)33(48)28-22(34(49)50)7-6-11-38-28)31(47)29-32(41-45(40-29)21-10-12-37-27(15-21)51-4)44(23)16-26(46)39-36-17-35(18-36,19-36)20(2)3/h6-7,10-12,15,20,24-25H,5,8-9,13-14,16-19H2,1-4H3,(H,39,46)(H,49,50)/t24-,25-,35?,36?/m0/s1. The molecule has 2 atom stereocenters. The molecule has 9 rings (SSSR count). The van der Waals surface area contributed by atoms with Gasteiger partial charge in [0, 0.05) is 48.8 Å². The number of hydrogen-bond donors (Lipinski definition) is 2. The van der Waals surface area contributed by atoms with Crippen LogP contribution in [-0.2, 0) is 17.8 Å². The second-order valence-electron chi connectivity index (χ2n) is 14.8. The summed E-state index contributed by atoms with van der Waals surface area (Å²) in [6, 6.07) is 5.82. The van der Waals surface area contributed by atoms with Crippen molar-refractivity contribution in [2.45, 2.75) is 83.5 Å². The van der Waals surface area contributed by atoms with Crippen LogP contribution >= 0.6 is 0 Å². The molecule has 0 spiro atoms. The lowest BCUT2D eigenvalue weighted by Gasteiger charge is -2.72. The van der Waals surface area contributed by atoms with Crippen molar-refractivity contribution in [3.8, 4) is 11.6 Å². The van der Waals surface area contributed by atoms with Crippen LogP contribution in [0.3, 0.4) is 0 Å². The first-order chi connectivity index (χ1) is 24.5. The molecule has 2 amide bonds. The number of methoxy groups -OCH3 is 1. The molecule has 1 aliphatic heterocycles. The number of rotatable bonds is 10. The quantitative estimate of drug-likeness (QED) is 0.249. The number of carbonyl (C=O) groups excluding carboxylic acids is 2. The molecule has 15 nitrogen and oxygen atoms in total. The van der Waals surface area contributed by atoms with E-state index < -0.39 is 11.9 Å². The number of piperazine rings is 1. The summed E-state index contributed by atoms with van der Waals surface area (Å²) in [4.78, 5) is 67.4. The zero-order valence-corrected chi connectivity index (χ0v) is 29.1. The van der Waals surface area contributed by atoms with Gasteiger partial charge >= 0.3 is 5.97 Å². The van der Waals surface area contributed by atoms with Crippen molar-refractivity contribution < 1.29 is 24.2 Å². The third-order valence-electron chi connectivity index (χ3n) is 11.8. The average molecular weight is 696 g/mol. The van der Waals surface area contributed by atoms with Gasteiger partial charge in [-0.2, -0.15) is 0 Å². The molecule has 51 heavy (non-hydrogen) atoms. The molecule has 0 unspecified atom stereocenters. The van der Waals surface area contributed by atoms with Crippen molar-refractivity contribution in [2.75, 3.05) is 25.1 Å². The van der Waals surface area contributed by atoms with Crippen LogP contribution in [0.4, 0.5) is 5.69 Å². The monoisotopic (exact) mass is 695 g/mol. The lowest BCUT2D eigenvalue weighted by Crippen LogP contribution is -2.76. The Morgan fingerprint density at radius 2 is 1.82 bits per heavy atom. The molecule has 5 fully saturated rings.